The number of amides is 3. The molecule has 31 heavy (non-hydrogen) atoms. The monoisotopic (exact) mass is 430 g/mol. The summed E-state index contributed by atoms with van der Waals surface area (Å²) in [7, 11) is 0. The van der Waals surface area contributed by atoms with Gasteiger partial charge < -0.3 is 5.32 Å². The molecule has 1 saturated heterocycles. The highest BCUT2D eigenvalue weighted by atomic mass is 19.4. The number of hydrogen-bond acceptors (Lipinski definition) is 3. The number of hydrogen-bond donors (Lipinski definition) is 2. The second-order valence-corrected chi connectivity index (χ2v) is 7.33. The minimum atomic E-state index is -4.41. The third-order valence-electron chi connectivity index (χ3n) is 5.44. The molecule has 0 saturated carbocycles. The van der Waals surface area contributed by atoms with Crippen molar-refractivity contribution in [2.75, 3.05) is 5.32 Å². The van der Waals surface area contributed by atoms with E-state index in [-0.39, 0.29) is 18.2 Å². The molecule has 1 fully saturated rings. The van der Waals surface area contributed by atoms with Gasteiger partial charge in [-0.2, -0.15) is 13.2 Å². The predicted molar refractivity (Wildman–Crippen MR) is 110 cm³/mol. The molecular weight excluding hydrogens is 409 g/mol. The Balaban J connectivity index is 1.65. The molecule has 0 aliphatic carbocycles. The quantitative estimate of drug-likeness (QED) is 0.544. The van der Waals surface area contributed by atoms with Crippen molar-refractivity contribution in [2.24, 2.45) is 0 Å². The highest BCUT2D eigenvalue weighted by Gasteiger charge is 2.42. The maximum Gasteiger partial charge on any atom is 0.416 e. The van der Waals surface area contributed by atoms with Crippen LogP contribution in [0.4, 0.5) is 18.9 Å². The van der Waals surface area contributed by atoms with Gasteiger partial charge in [0, 0.05) is 18.2 Å². The Bertz CT molecular complexity index is 1010. The lowest BCUT2D eigenvalue weighted by atomic mass is 9.72. The van der Waals surface area contributed by atoms with Crippen LogP contribution in [0.2, 0.25) is 0 Å². The fraction of sp³-hybridized carbons (Fsp3) is 0.261. The third kappa shape index (κ3) is 5.02. The Morgan fingerprint density at radius 2 is 1.74 bits per heavy atom. The molecule has 2 aromatic carbocycles. The number of rotatable bonds is 5. The van der Waals surface area contributed by atoms with Crippen LogP contribution in [-0.4, -0.2) is 17.7 Å². The normalized spacial score (nSPS) is 19.4. The lowest BCUT2D eigenvalue weighted by Crippen LogP contribution is -2.51. The molecule has 2 N–H and O–H groups in total. The van der Waals surface area contributed by atoms with Crippen molar-refractivity contribution in [1.82, 2.24) is 5.32 Å². The summed E-state index contributed by atoms with van der Waals surface area (Å²) < 4.78 is 37.8. The van der Waals surface area contributed by atoms with Crippen LogP contribution in [0.15, 0.2) is 54.6 Å². The van der Waals surface area contributed by atoms with E-state index in [4.69, 9.17) is 0 Å². The van der Waals surface area contributed by atoms with Crippen LogP contribution in [0.1, 0.15) is 42.9 Å². The molecule has 3 amide bonds. The number of carbonyl (C=O) groups excluding carboxylic acids is 3. The highest BCUT2D eigenvalue weighted by Crippen LogP contribution is 2.36. The van der Waals surface area contributed by atoms with E-state index in [9.17, 15) is 27.6 Å². The Morgan fingerprint density at radius 3 is 2.29 bits per heavy atom. The summed E-state index contributed by atoms with van der Waals surface area (Å²) in [5.41, 5.74) is 0.192. The van der Waals surface area contributed by atoms with Gasteiger partial charge >= 0.3 is 6.18 Å². The lowest BCUT2D eigenvalue weighted by molar-refractivity contribution is -0.139. The molecule has 0 aromatic heterocycles. The molecule has 1 aliphatic heterocycles. The molecule has 3 rings (SSSR count). The van der Waals surface area contributed by atoms with Crippen molar-refractivity contribution in [3.8, 4) is 0 Å². The molecule has 2 aromatic rings. The van der Waals surface area contributed by atoms with Gasteiger partial charge in [-0.05, 0) is 54.3 Å². The third-order valence-corrected chi connectivity index (χ3v) is 5.44. The van der Waals surface area contributed by atoms with Crippen LogP contribution in [0.25, 0.3) is 6.08 Å². The van der Waals surface area contributed by atoms with Gasteiger partial charge in [0.25, 0.3) is 0 Å². The fourth-order valence-electron chi connectivity index (χ4n) is 3.58. The summed E-state index contributed by atoms with van der Waals surface area (Å²) >= 11 is 0. The molecule has 1 unspecified atom stereocenters. The van der Waals surface area contributed by atoms with Crippen molar-refractivity contribution in [1.29, 1.82) is 0 Å². The number of carbonyl (C=O) groups is 3. The first-order valence-electron chi connectivity index (χ1n) is 9.75. The van der Waals surface area contributed by atoms with Crippen molar-refractivity contribution in [3.05, 3.63) is 71.3 Å². The second kappa shape index (κ2) is 8.75. The molecular formula is C23H21F3N2O3. The topological polar surface area (TPSA) is 75.3 Å². The van der Waals surface area contributed by atoms with E-state index in [1.165, 1.54) is 24.3 Å². The Labute approximate surface area is 177 Å². The molecule has 0 bridgehead atoms. The van der Waals surface area contributed by atoms with E-state index in [1.54, 1.807) is 24.3 Å². The molecule has 0 spiro atoms. The SMILES string of the molecule is CCC1(c2ccc(NC(=O)C=Cc3ccc(C(F)(F)F)cc3)cc2)CCC(=O)NC1=O. The number of benzene rings is 2. The summed E-state index contributed by atoms with van der Waals surface area (Å²) in [4.78, 5) is 36.0. The van der Waals surface area contributed by atoms with Crippen LogP contribution in [0, 0.1) is 0 Å². The number of alkyl halides is 3. The minimum absolute atomic E-state index is 0.271. The Hall–Kier alpha value is -3.42. The van der Waals surface area contributed by atoms with Crippen LogP contribution in [0.3, 0.4) is 0 Å². The van der Waals surface area contributed by atoms with E-state index < -0.39 is 23.1 Å². The largest absolute Gasteiger partial charge is 0.416 e. The van der Waals surface area contributed by atoms with E-state index in [0.717, 1.165) is 17.7 Å². The molecule has 5 nitrogen and oxygen atoms in total. The average molecular weight is 430 g/mol. The Kier molecular flexibility index (Phi) is 6.29. The maximum atomic E-state index is 12.6. The van der Waals surface area contributed by atoms with Crippen molar-refractivity contribution < 1.29 is 27.6 Å². The number of halogens is 3. The zero-order chi connectivity index (χ0) is 22.6. The summed E-state index contributed by atoms with van der Waals surface area (Å²) in [6.07, 6.45) is -0.532. The second-order valence-electron chi connectivity index (χ2n) is 7.33. The van der Waals surface area contributed by atoms with Crippen molar-refractivity contribution in [2.45, 2.75) is 37.8 Å². The number of imide groups is 1. The van der Waals surface area contributed by atoms with Gasteiger partial charge in [-0.1, -0.05) is 31.2 Å². The molecule has 1 atom stereocenters. The van der Waals surface area contributed by atoms with Crippen LogP contribution in [-0.2, 0) is 26.0 Å². The van der Waals surface area contributed by atoms with Crippen LogP contribution in [0.5, 0.6) is 0 Å². The summed E-state index contributed by atoms with van der Waals surface area (Å²) in [5, 5.41) is 5.06. The number of anilines is 1. The minimum Gasteiger partial charge on any atom is -0.323 e. The van der Waals surface area contributed by atoms with E-state index in [1.807, 2.05) is 6.92 Å². The van der Waals surface area contributed by atoms with Gasteiger partial charge in [0.2, 0.25) is 17.7 Å². The molecule has 1 aliphatic rings. The number of nitrogens with one attached hydrogen (secondary N) is 2. The predicted octanol–water partition coefficient (Wildman–Crippen LogP) is 4.44. The smallest absolute Gasteiger partial charge is 0.323 e. The summed E-state index contributed by atoms with van der Waals surface area (Å²) in [5.74, 6) is -1.04. The highest BCUT2D eigenvalue weighted by molar-refractivity contribution is 6.04. The van der Waals surface area contributed by atoms with Gasteiger partial charge in [0.1, 0.15) is 0 Å². The van der Waals surface area contributed by atoms with Gasteiger partial charge in [-0.15, -0.1) is 0 Å². The lowest BCUT2D eigenvalue weighted by Gasteiger charge is -2.35. The zero-order valence-corrected chi connectivity index (χ0v) is 16.8. The maximum absolute atomic E-state index is 12.6. The van der Waals surface area contributed by atoms with E-state index >= 15 is 0 Å². The van der Waals surface area contributed by atoms with Crippen molar-refractivity contribution >= 4 is 29.5 Å². The zero-order valence-electron chi connectivity index (χ0n) is 16.8. The fourth-order valence-corrected chi connectivity index (χ4v) is 3.58. The average Bonchev–Trinajstić information content (AvgIpc) is 2.73. The van der Waals surface area contributed by atoms with Crippen LogP contribution >= 0.6 is 0 Å². The van der Waals surface area contributed by atoms with E-state index in [2.05, 4.69) is 10.6 Å². The van der Waals surface area contributed by atoms with Gasteiger partial charge in [-0.25, -0.2) is 0 Å². The molecule has 8 heteroatoms. The molecule has 162 valence electrons. The van der Waals surface area contributed by atoms with Gasteiger partial charge in [-0.3, -0.25) is 19.7 Å². The summed E-state index contributed by atoms with van der Waals surface area (Å²) in [6, 6.07) is 11.3. The standard InChI is InChI=1S/C23H21F3N2O3/c1-2-22(14-13-20(30)28-21(22)31)16-8-10-18(11-9-16)27-19(29)12-5-15-3-6-17(7-4-15)23(24,25)26/h3-12H,2,13-14H2,1H3,(H,27,29)(H,28,30,31). The summed E-state index contributed by atoms with van der Waals surface area (Å²) in [6.45, 7) is 1.89. The first kappa shape index (κ1) is 22.3. The van der Waals surface area contributed by atoms with E-state index in [0.29, 0.717) is 24.1 Å². The number of piperidine rings is 1. The van der Waals surface area contributed by atoms with Gasteiger partial charge in [0.05, 0.1) is 11.0 Å². The molecule has 1 heterocycles. The van der Waals surface area contributed by atoms with Gasteiger partial charge in [0.15, 0.2) is 0 Å². The van der Waals surface area contributed by atoms with Crippen LogP contribution < -0.4 is 10.6 Å². The first-order valence-corrected chi connectivity index (χ1v) is 9.75. The van der Waals surface area contributed by atoms with Crippen molar-refractivity contribution in [3.63, 3.8) is 0 Å². The Morgan fingerprint density at radius 1 is 1.10 bits per heavy atom. The molecule has 0 radical (unpaired) electrons. The first-order chi connectivity index (χ1) is 14.6.